The molecule has 6 nitrogen and oxygen atoms in total. The normalized spacial score (nSPS) is 21.7. The summed E-state index contributed by atoms with van der Waals surface area (Å²) in [7, 11) is 0. The Morgan fingerprint density at radius 1 is 1.14 bits per heavy atom. The maximum atomic E-state index is 12.0. The molecule has 0 aromatic heterocycles. The molecule has 2 fully saturated rings. The van der Waals surface area contributed by atoms with Gasteiger partial charge in [-0.05, 0) is 33.6 Å². The molecule has 0 radical (unpaired) electrons. The molecule has 2 aliphatic rings. The SMILES string of the molecule is CC(C)(C)OC(=O)N1CCC(N2CCC(=O)CC2=O)CC1. The van der Waals surface area contributed by atoms with Crippen LogP contribution in [0.2, 0.25) is 0 Å². The molecule has 0 atom stereocenters. The van der Waals surface area contributed by atoms with Gasteiger partial charge in [0, 0.05) is 32.1 Å². The van der Waals surface area contributed by atoms with Crippen molar-refractivity contribution in [2.75, 3.05) is 19.6 Å². The van der Waals surface area contributed by atoms with Crippen LogP contribution in [0.25, 0.3) is 0 Å². The van der Waals surface area contributed by atoms with Crippen molar-refractivity contribution in [3.8, 4) is 0 Å². The van der Waals surface area contributed by atoms with Crippen LogP contribution in [0.15, 0.2) is 0 Å². The van der Waals surface area contributed by atoms with Gasteiger partial charge >= 0.3 is 6.09 Å². The average Bonchev–Trinajstić information content (AvgIpc) is 2.37. The highest BCUT2D eigenvalue weighted by atomic mass is 16.6. The van der Waals surface area contributed by atoms with Crippen molar-refractivity contribution in [2.24, 2.45) is 0 Å². The summed E-state index contributed by atoms with van der Waals surface area (Å²) in [6.07, 6.45) is 1.70. The molecular formula is C15H24N2O4. The molecule has 0 bridgehead atoms. The third kappa shape index (κ3) is 4.19. The molecule has 6 heteroatoms. The molecule has 0 unspecified atom stereocenters. The number of likely N-dealkylation sites (tertiary alicyclic amines) is 2. The molecule has 0 spiro atoms. The van der Waals surface area contributed by atoms with Crippen LogP contribution in [-0.4, -0.2) is 58.9 Å². The lowest BCUT2D eigenvalue weighted by molar-refractivity contribution is -0.142. The van der Waals surface area contributed by atoms with Crippen molar-refractivity contribution in [1.29, 1.82) is 0 Å². The molecule has 21 heavy (non-hydrogen) atoms. The minimum Gasteiger partial charge on any atom is -0.444 e. The number of carbonyl (C=O) groups is 3. The first kappa shape index (κ1) is 15.8. The van der Waals surface area contributed by atoms with E-state index in [0.29, 0.717) is 26.1 Å². The van der Waals surface area contributed by atoms with Gasteiger partial charge in [0.1, 0.15) is 11.4 Å². The number of ether oxygens (including phenoxy) is 1. The Labute approximate surface area is 125 Å². The molecule has 2 rings (SSSR count). The maximum absolute atomic E-state index is 12.0. The molecule has 0 aromatic carbocycles. The van der Waals surface area contributed by atoms with Crippen molar-refractivity contribution in [3.63, 3.8) is 0 Å². The van der Waals surface area contributed by atoms with Gasteiger partial charge in [0.05, 0.1) is 6.42 Å². The molecule has 0 saturated carbocycles. The van der Waals surface area contributed by atoms with E-state index in [2.05, 4.69) is 0 Å². The zero-order valence-electron chi connectivity index (χ0n) is 13.1. The van der Waals surface area contributed by atoms with E-state index in [1.54, 1.807) is 4.90 Å². The molecule has 0 aliphatic carbocycles. The number of hydrogen-bond donors (Lipinski definition) is 0. The van der Waals surface area contributed by atoms with Gasteiger partial charge in [-0.15, -0.1) is 0 Å². The summed E-state index contributed by atoms with van der Waals surface area (Å²) in [5.74, 6) is -0.0376. The Balaban J connectivity index is 1.84. The number of Topliss-reactive ketones (excluding diaryl/α,β-unsaturated/α-hetero) is 1. The Morgan fingerprint density at radius 2 is 1.76 bits per heavy atom. The molecule has 0 N–H and O–H groups in total. The fraction of sp³-hybridized carbons (Fsp3) is 0.800. The predicted octanol–water partition coefficient (Wildman–Crippen LogP) is 1.58. The smallest absolute Gasteiger partial charge is 0.410 e. The van der Waals surface area contributed by atoms with Gasteiger partial charge in [-0.1, -0.05) is 0 Å². The van der Waals surface area contributed by atoms with Gasteiger partial charge < -0.3 is 14.5 Å². The summed E-state index contributed by atoms with van der Waals surface area (Å²) in [4.78, 5) is 38.7. The Bertz CT molecular complexity index is 433. The number of rotatable bonds is 1. The van der Waals surface area contributed by atoms with Crippen LogP contribution >= 0.6 is 0 Å². The topological polar surface area (TPSA) is 66.9 Å². The first-order valence-electron chi connectivity index (χ1n) is 7.55. The fourth-order valence-electron chi connectivity index (χ4n) is 2.80. The zero-order chi connectivity index (χ0) is 15.6. The summed E-state index contributed by atoms with van der Waals surface area (Å²) in [5, 5.41) is 0. The van der Waals surface area contributed by atoms with E-state index in [1.807, 2.05) is 25.7 Å². The van der Waals surface area contributed by atoms with Crippen LogP contribution in [0.3, 0.4) is 0 Å². The lowest BCUT2D eigenvalue weighted by atomic mass is 9.99. The highest BCUT2D eigenvalue weighted by Gasteiger charge is 2.33. The number of amides is 2. The Kier molecular flexibility index (Phi) is 4.54. The van der Waals surface area contributed by atoms with Crippen molar-refractivity contribution in [2.45, 2.75) is 58.1 Å². The van der Waals surface area contributed by atoms with Gasteiger partial charge in [0.15, 0.2) is 0 Å². The average molecular weight is 296 g/mol. The lowest BCUT2D eigenvalue weighted by Crippen LogP contribution is -2.51. The maximum Gasteiger partial charge on any atom is 0.410 e. The van der Waals surface area contributed by atoms with Crippen LogP contribution in [-0.2, 0) is 14.3 Å². The second-order valence-corrected chi connectivity index (χ2v) is 6.75. The number of nitrogens with zero attached hydrogens (tertiary/aromatic N) is 2. The monoisotopic (exact) mass is 296 g/mol. The van der Waals surface area contributed by atoms with Gasteiger partial charge in [0.25, 0.3) is 0 Å². The molecular weight excluding hydrogens is 272 g/mol. The first-order chi connectivity index (χ1) is 9.76. The highest BCUT2D eigenvalue weighted by Crippen LogP contribution is 2.22. The number of ketones is 1. The predicted molar refractivity (Wildman–Crippen MR) is 76.8 cm³/mol. The van der Waals surface area contributed by atoms with Gasteiger partial charge in [-0.25, -0.2) is 4.79 Å². The summed E-state index contributed by atoms with van der Waals surface area (Å²) in [6, 6.07) is 0.143. The summed E-state index contributed by atoms with van der Waals surface area (Å²) < 4.78 is 5.35. The number of hydrogen-bond acceptors (Lipinski definition) is 4. The van der Waals surface area contributed by atoms with Crippen LogP contribution in [0.5, 0.6) is 0 Å². The summed E-state index contributed by atoms with van der Waals surface area (Å²) in [5.41, 5.74) is -0.489. The van der Waals surface area contributed by atoms with Gasteiger partial charge in [-0.3, -0.25) is 9.59 Å². The second kappa shape index (κ2) is 6.03. The van der Waals surface area contributed by atoms with E-state index in [0.717, 1.165) is 12.8 Å². The van der Waals surface area contributed by atoms with Crippen LogP contribution in [0.1, 0.15) is 46.5 Å². The minimum absolute atomic E-state index is 0.0300. The third-order valence-electron chi connectivity index (χ3n) is 3.86. The zero-order valence-corrected chi connectivity index (χ0v) is 13.1. The number of piperidine rings is 2. The first-order valence-corrected chi connectivity index (χ1v) is 7.55. The van der Waals surface area contributed by atoms with Crippen molar-refractivity contribution < 1.29 is 19.1 Å². The van der Waals surface area contributed by atoms with Gasteiger partial charge in [0.2, 0.25) is 5.91 Å². The molecule has 0 aromatic rings. The van der Waals surface area contributed by atoms with E-state index in [4.69, 9.17) is 4.74 Å². The largest absolute Gasteiger partial charge is 0.444 e. The lowest BCUT2D eigenvalue weighted by Gasteiger charge is -2.40. The van der Waals surface area contributed by atoms with E-state index in [1.165, 1.54) is 0 Å². The van der Waals surface area contributed by atoms with E-state index < -0.39 is 5.60 Å². The minimum atomic E-state index is -0.489. The van der Waals surface area contributed by atoms with Crippen molar-refractivity contribution in [1.82, 2.24) is 9.80 Å². The van der Waals surface area contributed by atoms with E-state index in [-0.39, 0.29) is 30.2 Å². The summed E-state index contributed by atoms with van der Waals surface area (Å²) in [6.45, 7) is 7.26. The van der Waals surface area contributed by atoms with Crippen molar-refractivity contribution >= 4 is 17.8 Å². The Hall–Kier alpha value is -1.59. The standard InChI is InChI=1S/C15H24N2O4/c1-15(2,3)21-14(20)16-7-4-11(5-8-16)17-9-6-12(18)10-13(17)19/h11H,4-10H2,1-3H3. The fourth-order valence-corrected chi connectivity index (χ4v) is 2.80. The molecule has 2 heterocycles. The van der Waals surface area contributed by atoms with Crippen molar-refractivity contribution in [3.05, 3.63) is 0 Å². The summed E-state index contributed by atoms with van der Waals surface area (Å²) >= 11 is 0. The molecule has 2 amide bonds. The number of carbonyl (C=O) groups excluding carboxylic acids is 3. The van der Waals surface area contributed by atoms with Gasteiger partial charge in [-0.2, -0.15) is 0 Å². The van der Waals surface area contributed by atoms with Crippen LogP contribution in [0.4, 0.5) is 4.79 Å². The molecule has 118 valence electrons. The molecule has 2 saturated heterocycles. The highest BCUT2D eigenvalue weighted by molar-refractivity contribution is 6.00. The second-order valence-electron chi connectivity index (χ2n) is 6.75. The quantitative estimate of drug-likeness (QED) is 0.689. The van der Waals surface area contributed by atoms with Crippen LogP contribution in [0, 0.1) is 0 Å². The van der Waals surface area contributed by atoms with E-state index >= 15 is 0 Å². The molecule has 2 aliphatic heterocycles. The Morgan fingerprint density at radius 3 is 2.29 bits per heavy atom. The van der Waals surface area contributed by atoms with Crippen LogP contribution < -0.4 is 0 Å². The third-order valence-corrected chi connectivity index (χ3v) is 3.86. The van der Waals surface area contributed by atoms with E-state index in [9.17, 15) is 14.4 Å².